The molecular weight excluding hydrogens is 262 g/mol. The van der Waals surface area contributed by atoms with Gasteiger partial charge in [-0.25, -0.2) is 0 Å². The van der Waals surface area contributed by atoms with Gasteiger partial charge in [0.1, 0.15) is 5.69 Å². The summed E-state index contributed by atoms with van der Waals surface area (Å²) < 4.78 is 1.99. The Bertz CT molecular complexity index is 453. The number of halogens is 1. The van der Waals surface area contributed by atoms with E-state index < -0.39 is 0 Å². The predicted octanol–water partition coefficient (Wildman–Crippen LogP) is 2.72. The van der Waals surface area contributed by atoms with Crippen molar-refractivity contribution < 1.29 is 4.79 Å². The van der Waals surface area contributed by atoms with Crippen molar-refractivity contribution in [1.82, 2.24) is 9.88 Å². The van der Waals surface area contributed by atoms with Gasteiger partial charge in [0.05, 0.1) is 10.6 Å². The minimum absolute atomic E-state index is 0.0760. The topological polar surface area (TPSA) is 60.0 Å². The van der Waals surface area contributed by atoms with Crippen LogP contribution >= 0.6 is 11.6 Å². The maximum absolute atomic E-state index is 12.5. The normalized spacial score (nSPS) is 15.6. The summed E-state index contributed by atoms with van der Waals surface area (Å²) in [5.41, 5.74) is 6.15. The summed E-state index contributed by atoms with van der Waals surface area (Å²) in [4.78, 5) is 12.5. The Hall–Kier alpha value is -1.00. The Kier molecular flexibility index (Phi) is 4.21. The zero-order chi connectivity index (χ0) is 14.0. The highest BCUT2D eigenvalue weighted by atomic mass is 35.5. The molecule has 1 aliphatic carbocycles. The molecule has 0 aromatic carbocycles. The third kappa shape index (κ3) is 2.95. The van der Waals surface area contributed by atoms with Crippen LogP contribution in [-0.2, 0) is 0 Å². The van der Waals surface area contributed by atoms with Crippen LogP contribution in [0, 0.1) is 0 Å². The molecule has 0 aliphatic heterocycles. The Morgan fingerprint density at radius 2 is 2.16 bits per heavy atom. The van der Waals surface area contributed by atoms with Crippen molar-refractivity contribution in [3.8, 4) is 0 Å². The highest BCUT2D eigenvalue weighted by Crippen LogP contribution is 2.37. The molecule has 1 aromatic rings. The van der Waals surface area contributed by atoms with Gasteiger partial charge in [0, 0.05) is 18.8 Å². The third-order valence-electron chi connectivity index (χ3n) is 4.11. The summed E-state index contributed by atoms with van der Waals surface area (Å²) in [6, 6.07) is 2.17. The van der Waals surface area contributed by atoms with Crippen molar-refractivity contribution in [2.45, 2.75) is 51.1 Å². The van der Waals surface area contributed by atoms with Gasteiger partial charge in [-0.1, -0.05) is 25.4 Å². The van der Waals surface area contributed by atoms with E-state index in [4.69, 9.17) is 17.3 Å². The molecule has 106 valence electrons. The number of aromatic nitrogens is 1. The summed E-state index contributed by atoms with van der Waals surface area (Å²) in [6.45, 7) is 4.54. The molecule has 1 aromatic heterocycles. The van der Waals surface area contributed by atoms with E-state index >= 15 is 0 Å². The Morgan fingerprint density at radius 3 is 2.63 bits per heavy atom. The van der Waals surface area contributed by atoms with Gasteiger partial charge in [-0.3, -0.25) is 4.79 Å². The van der Waals surface area contributed by atoms with Crippen LogP contribution in [-0.4, -0.2) is 22.6 Å². The Labute approximate surface area is 119 Å². The number of amides is 1. The fraction of sp³-hybridized carbons (Fsp3) is 0.643. The maximum Gasteiger partial charge on any atom is 0.268 e. The van der Waals surface area contributed by atoms with E-state index in [1.807, 2.05) is 24.6 Å². The average Bonchev–Trinajstić information content (AvgIpc) is 3.19. The van der Waals surface area contributed by atoms with Crippen molar-refractivity contribution >= 4 is 17.5 Å². The summed E-state index contributed by atoms with van der Waals surface area (Å²) in [6.07, 6.45) is 5.73. The van der Waals surface area contributed by atoms with Crippen molar-refractivity contribution in [2.75, 3.05) is 6.54 Å². The first-order chi connectivity index (χ1) is 9.05. The Morgan fingerprint density at radius 1 is 1.53 bits per heavy atom. The second-order valence-corrected chi connectivity index (χ2v) is 5.76. The highest BCUT2D eigenvalue weighted by Gasteiger charge is 2.31. The first-order valence-corrected chi connectivity index (χ1v) is 7.33. The smallest absolute Gasteiger partial charge is 0.268 e. The fourth-order valence-corrected chi connectivity index (χ4v) is 2.56. The average molecular weight is 284 g/mol. The van der Waals surface area contributed by atoms with Gasteiger partial charge in [0.15, 0.2) is 0 Å². The lowest BCUT2D eigenvalue weighted by Crippen LogP contribution is -2.53. The van der Waals surface area contributed by atoms with Crippen LogP contribution in [0.2, 0.25) is 5.02 Å². The molecule has 0 unspecified atom stereocenters. The van der Waals surface area contributed by atoms with Gasteiger partial charge in [-0.15, -0.1) is 0 Å². The molecule has 2 rings (SSSR count). The second kappa shape index (κ2) is 5.55. The van der Waals surface area contributed by atoms with Crippen LogP contribution in [0.25, 0.3) is 0 Å². The van der Waals surface area contributed by atoms with Crippen LogP contribution in [0.1, 0.15) is 56.1 Å². The minimum Gasteiger partial charge on any atom is -0.344 e. The van der Waals surface area contributed by atoms with Gasteiger partial charge in [-0.05, 0) is 31.7 Å². The molecule has 1 saturated carbocycles. The van der Waals surface area contributed by atoms with E-state index in [9.17, 15) is 4.79 Å². The molecule has 0 saturated heterocycles. The SMILES string of the molecule is CCC(CC)(CN)NC(=O)c1cc(Cl)cn1C1CC1. The van der Waals surface area contributed by atoms with Crippen LogP contribution in [0.4, 0.5) is 0 Å². The van der Waals surface area contributed by atoms with Gasteiger partial charge in [0.25, 0.3) is 5.91 Å². The van der Waals surface area contributed by atoms with Gasteiger partial charge in [0.2, 0.25) is 0 Å². The monoisotopic (exact) mass is 283 g/mol. The number of hydrogen-bond acceptors (Lipinski definition) is 2. The van der Waals surface area contributed by atoms with Crippen molar-refractivity contribution in [3.05, 3.63) is 23.0 Å². The maximum atomic E-state index is 12.5. The van der Waals surface area contributed by atoms with E-state index in [1.54, 1.807) is 6.07 Å². The van der Waals surface area contributed by atoms with E-state index in [0.29, 0.717) is 23.3 Å². The molecule has 0 spiro atoms. The van der Waals surface area contributed by atoms with Gasteiger partial charge >= 0.3 is 0 Å². The molecule has 1 fully saturated rings. The van der Waals surface area contributed by atoms with Gasteiger partial charge < -0.3 is 15.6 Å². The number of nitrogens with zero attached hydrogens (tertiary/aromatic N) is 1. The van der Waals surface area contributed by atoms with Crippen LogP contribution in [0.15, 0.2) is 12.3 Å². The number of carbonyl (C=O) groups excluding carboxylic acids is 1. The molecule has 3 N–H and O–H groups in total. The lowest BCUT2D eigenvalue weighted by molar-refractivity contribution is 0.0885. The van der Waals surface area contributed by atoms with E-state index in [1.165, 1.54) is 0 Å². The van der Waals surface area contributed by atoms with Crippen LogP contribution in [0.5, 0.6) is 0 Å². The van der Waals surface area contributed by atoms with Crippen LogP contribution in [0.3, 0.4) is 0 Å². The number of hydrogen-bond donors (Lipinski definition) is 2. The molecule has 19 heavy (non-hydrogen) atoms. The third-order valence-corrected chi connectivity index (χ3v) is 4.32. The quantitative estimate of drug-likeness (QED) is 0.843. The van der Waals surface area contributed by atoms with Gasteiger partial charge in [-0.2, -0.15) is 0 Å². The largest absolute Gasteiger partial charge is 0.344 e. The van der Waals surface area contributed by atoms with Crippen LogP contribution < -0.4 is 11.1 Å². The molecule has 0 bridgehead atoms. The molecule has 4 nitrogen and oxygen atoms in total. The van der Waals surface area contributed by atoms with Crippen molar-refractivity contribution in [3.63, 3.8) is 0 Å². The zero-order valence-corrected chi connectivity index (χ0v) is 12.3. The number of nitrogens with one attached hydrogen (secondary N) is 1. The fourth-order valence-electron chi connectivity index (χ4n) is 2.35. The predicted molar refractivity (Wildman–Crippen MR) is 77.5 cm³/mol. The first kappa shape index (κ1) is 14.4. The standard InChI is InChI=1S/C14H22ClN3O/c1-3-14(4-2,9-16)17-13(19)12-7-10(15)8-18(12)11-5-6-11/h7-8,11H,3-6,9,16H2,1-2H3,(H,17,19). The summed E-state index contributed by atoms with van der Waals surface area (Å²) in [5, 5.41) is 3.70. The van der Waals surface area contributed by atoms with E-state index in [-0.39, 0.29) is 11.4 Å². The Balaban J connectivity index is 2.19. The van der Waals surface area contributed by atoms with Crippen molar-refractivity contribution in [2.24, 2.45) is 5.73 Å². The number of carbonyl (C=O) groups is 1. The zero-order valence-electron chi connectivity index (χ0n) is 11.6. The second-order valence-electron chi connectivity index (χ2n) is 5.33. The minimum atomic E-state index is -0.317. The molecule has 5 heteroatoms. The number of rotatable bonds is 6. The molecule has 1 amide bonds. The summed E-state index contributed by atoms with van der Waals surface area (Å²) in [5.74, 6) is -0.0760. The van der Waals surface area contributed by atoms with E-state index in [0.717, 1.165) is 25.7 Å². The number of nitrogens with two attached hydrogens (primary N) is 1. The highest BCUT2D eigenvalue weighted by molar-refractivity contribution is 6.31. The lowest BCUT2D eigenvalue weighted by atomic mass is 9.93. The lowest BCUT2D eigenvalue weighted by Gasteiger charge is -2.31. The van der Waals surface area contributed by atoms with E-state index in [2.05, 4.69) is 5.32 Å². The summed E-state index contributed by atoms with van der Waals surface area (Å²) in [7, 11) is 0. The molecule has 0 atom stereocenters. The van der Waals surface area contributed by atoms with Crippen molar-refractivity contribution in [1.29, 1.82) is 0 Å². The molecule has 1 aliphatic rings. The molecule has 1 heterocycles. The molecular formula is C14H22ClN3O. The first-order valence-electron chi connectivity index (χ1n) is 6.95. The molecule has 0 radical (unpaired) electrons. The summed E-state index contributed by atoms with van der Waals surface area (Å²) >= 11 is 6.03.